The van der Waals surface area contributed by atoms with Gasteiger partial charge in [-0.15, -0.1) is 17.9 Å². The predicted octanol–water partition coefficient (Wildman–Crippen LogP) is 2.88. The number of hydrogen-bond donors (Lipinski definition) is 0. The zero-order chi connectivity index (χ0) is 8.27. The minimum atomic E-state index is 1.03. The number of aromatic nitrogens is 1. The van der Waals surface area contributed by atoms with Crippen molar-refractivity contribution in [1.82, 2.24) is 4.98 Å². The molecule has 1 aromatic rings. The van der Waals surface area contributed by atoms with Crippen molar-refractivity contribution in [2.45, 2.75) is 26.7 Å². The molecule has 0 fully saturated rings. The van der Waals surface area contributed by atoms with E-state index >= 15 is 0 Å². The fourth-order valence-corrected chi connectivity index (χ4v) is 1.82. The Kier molecular flexibility index (Phi) is 2.83. The molecular weight excluding hydrogens is 154 g/mol. The largest absolute Gasteiger partial charge is 0.246 e. The molecule has 0 amide bonds. The number of rotatable bonds is 3. The Morgan fingerprint density at radius 2 is 2.27 bits per heavy atom. The summed E-state index contributed by atoms with van der Waals surface area (Å²) in [6, 6.07) is 0. The molecule has 0 radical (unpaired) electrons. The molecule has 0 atom stereocenters. The number of aryl methyl sites for hydroxylation is 3. The van der Waals surface area contributed by atoms with Gasteiger partial charge >= 0.3 is 0 Å². The predicted molar refractivity (Wildman–Crippen MR) is 50.1 cm³/mol. The first kappa shape index (κ1) is 8.47. The van der Waals surface area contributed by atoms with E-state index in [1.165, 1.54) is 15.6 Å². The van der Waals surface area contributed by atoms with Gasteiger partial charge in [0.2, 0.25) is 0 Å². The number of thiazole rings is 1. The van der Waals surface area contributed by atoms with Gasteiger partial charge in [0.25, 0.3) is 0 Å². The van der Waals surface area contributed by atoms with Crippen LogP contribution in [0.25, 0.3) is 0 Å². The highest BCUT2D eigenvalue weighted by Crippen LogP contribution is 2.17. The summed E-state index contributed by atoms with van der Waals surface area (Å²) in [4.78, 5) is 5.76. The second-order valence-corrected chi connectivity index (χ2v) is 3.86. The van der Waals surface area contributed by atoms with Crippen LogP contribution in [0.4, 0.5) is 0 Å². The van der Waals surface area contributed by atoms with Crippen molar-refractivity contribution in [2.75, 3.05) is 0 Å². The van der Waals surface area contributed by atoms with Gasteiger partial charge in [-0.3, -0.25) is 0 Å². The van der Waals surface area contributed by atoms with Crippen LogP contribution in [0.3, 0.4) is 0 Å². The molecule has 0 spiro atoms. The van der Waals surface area contributed by atoms with Gasteiger partial charge in [-0.25, -0.2) is 4.98 Å². The summed E-state index contributed by atoms with van der Waals surface area (Å²) in [7, 11) is 0. The maximum absolute atomic E-state index is 4.42. The Balaban J connectivity index is 2.64. The normalized spacial score (nSPS) is 10.0. The molecule has 0 saturated heterocycles. The van der Waals surface area contributed by atoms with E-state index in [2.05, 4.69) is 25.4 Å². The number of hydrogen-bond acceptors (Lipinski definition) is 2. The van der Waals surface area contributed by atoms with Crippen LogP contribution in [-0.2, 0) is 6.42 Å². The van der Waals surface area contributed by atoms with Crippen molar-refractivity contribution in [3.05, 3.63) is 28.2 Å². The molecule has 0 aromatic carbocycles. The van der Waals surface area contributed by atoms with E-state index < -0.39 is 0 Å². The van der Waals surface area contributed by atoms with Crippen molar-refractivity contribution in [1.29, 1.82) is 0 Å². The number of allylic oxidation sites excluding steroid dienone is 1. The van der Waals surface area contributed by atoms with Crippen LogP contribution >= 0.6 is 11.3 Å². The third kappa shape index (κ3) is 2.15. The molecule has 2 heteroatoms. The molecular formula is C9H13NS. The van der Waals surface area contributed by atoms with E-state index in [1.54, 1.807) is 11.3 Å². The molecule has 60 valence electrons. The van der Waals surface area contributed by atoms with Gasteiger partial charge in [-0.2, -0.15) is 0 Å². The lowest BCUT2D eigenvalue weighted by Crippen LogP contribution is -1.80. The molecule has 1 nitrogen and oxygen atoms in total. The van der Waals surface area contributed by atoms with Crippen LogP contribution in [0.2, 0.25) is 0 Å². The summed E-state index contributed by atoms with van der Waals surface area (Å²) in [6.45, 7) is 7.86. The standard InChI is InChI=1S/C9H13NS/c1-4-5-6-9-10-7(2)8(3)11-9/h4H,1,5-6H2,2-3H3. The second-order valence-electron chi connectivity index (χ2n) is 2.58. The third-order valence-electron chi connectivity index (χ3n) is 1.64. The minimum Gasteiger partial charge on any atom is -0.246 e. The van der Waals surface area contributed by atoms with Crippen LogP contribution in [0, 0.1) is 13.8 Å². The van der Waals surface area contributed by atoms with Gasteiger partial charge in [0.1, 0.15) is 0 Å². The Morgan fingerprint density at radius 3 is 2.73 bits per heavy atom. The fourth-order valence-electron chi connectivity index (χ4n) is 0.872. The molecule has 0 saturated carbocycles. The molecule has 0 aliphatic rings. The van der Waals surface area contributed by atoms with Crippen molar-refractivity contribution in [3.8, 4) is 0 Å². The van der Waals surface area contributed by atoms with Crippen LogP contribution in [0.1, 0.15) is 22.0 Å². The first-order valence-electron chi connectivity index (χ1n) is 3.78. The average Bonchev–Trinajstić information content (AvgIpc) is 2.28. The van der Waals surface area contributed by atoms with Gasteiger partial charge in [-0.05, 0) is 20.3 Å². The molecule has 0 unspecified atom stereocenters. The first-order valence-corrected chi connectivity index (χ1v) is 4.59. The van der Waals surface area contributed by atoms with Crippen molar-refractivity contribution in [3.63, 3.8) is 0 Å². The lowest BCUT2D eigenvalue weighted by atomic mass is 10.3. The Labute approximate surface area is 71.8 Å². The Morgan fingerprint density at radius 1 is 1.55 bits per heavy atom. The van der Waals surface area contributed by atoms with Gasteiger partial charge in [0.05, 0.1) is 10.7 Å². The summed E-state index contributed by atoms with van der Waals surface area (Å²) < 4.78 is 0. The minimum absolute atomic E-state index is 1.03. The van der Waals surface area contributed by atoms with E-state index in [0.29, 0.717) is 0 Å². The smallest absolute Gasteiger partial charge is 0.0933 e. The SMILES string of the molecule is C=CCCc1nc(C)c(C)s1. The third-order valence-corrected chi connectivity index (χ3v) is 2.77. The molecule has 0 aliphatic carbocycles. The quantitative estimate of drug-likeness (QED) is 0.631. The van der Waals surface area contributed by atoms with Gasteiger partial charge < -0.3 is 0 Å². The molecule has 0 bridgehead atoms. The first-order chi connectivity index (χ1) is 5.24. The average molecular weight is 167 g/mol. The molecule has 0 aliphatic heterocycles. The monoisotopic (exact) mass is 167 g/mol. The van der Waals surface area contributed by atoms with E-state index in [-0.39, 0.29) is 0 Å². The highest BCUT2D eigenvalue weighted by molar-refractivity contribution is 7.11. The summed E-state index contributed by atoms with van der Waals surface area (Å²) in [5.74, 6) is 0. The van der Waals surface area contributed by atoms with E-state index in [9.17, 15) is 0 Å². The van der Waals surface area contributed by atoms with Crippen LogP contribution in [-0.4, -0.2) is 4.98 Å². The summed E-state index contributed by atoms with van der Waals surface area (Å²) in [5, 5.41) is 1.24. The second kappa shape index (κ2) is 3.67. The van der Waals surface area contributed by atoms with Crippen LogP contribution in [0.15, 0.2) is 12.7 Å². The maximum Gasteiger partial charge on any atom is 0.0933 e. The fraction of sp³-hybridized carbons (Fsp3) is 0.444. The maximum atomic E-state index is 4.42. The molecule has 11 heavy (non-hydrogen) atoms. The van der Waals surface area contributed by atoms with E-state index in [1.807, 2.05) is 6.08 Å². The van der Waals surface area contributed by atoms with Gasteiger partial charge in [-0.1, -0.05) is 6.08 Å². The molecule has 1 aromatic heterocycles. The molecule has 0 N–H and O–H groups in total. The van der Waals surface area contributed by atoms with Gasteiger partial charge in [0.15, 0.2) is 0 Å². The Hall–Kier alpha value is -0.630. The van der Waals surface area contributed by atoms with Crippen molar-refractivity contribution in [2.24, 2.45) is 0 Å². The lowest BCUT2D eigenvalue weighted by molar-refractivity contribution is 0.970. The topological polar surface area (TPSA) is 12.9 Å². The van der Waals surface area contributed by atoms with Crippen molar-refractivity contribution < 1.29 is 0 Å². The summed E-state index contributed by atoms with van der Waals surface area (Å²) >= 11 is 1.80. The van der Waals surface area contributed by atoms with Crippen molar-refractivity contribution >= 4 is 11.3 Å². The molecule has 1 rings (SSSR count). The van der Waals surface area contributed by atoms with Gasteiger partial charge in [0, 0.05) is 11.3 Å². The van der Waals surface area contributed by atoms with Crippen LogP contribution in [0.5, 0.6) is 0 Å². The van der Waals surface area contributed by atoms with E-state index in [4.69, 9.17) is 0 Å². The summed E-state index contributed by atoms with van der Waals surface area (Å²) in [5.41, 5.74) is 1.18. The van der Waals surface area contributed by atoms with E-state index in [0.717, 1.165) is 12.8 Å². The molecule has 1 heterocycles. The zero-order valence-corrected chi connectivity index (χ0v) is 7.87. The zero-order valence-electron chi connectivity index (χ0n) is 7.05. The highest BCUT2D eigenvalue weighted by atomic mass is 32.1. The number of nitrogens with zero attached hydrogens (tertiary/aromatic N) is 1. The lowest BCUT2D eigenvalue weighted by Gasteiger charge is -1.87. The highest BCUT2D eigenvalue weighted by Gasteiger charge is 2.01. The van der Waals surface area contributed by atoms with Crippen LogP contribution < -0.4 is 0 Å². The Bertz CT molecular complexity index is 231. The summed E-state index contributed by atoms with van der Waals surface area (Å²) in [6.07, 6.45) is 4.02.